The molecule has 0 aliphatic heterocycles. The molecule has 0 aromatic heterocycles. The minimum atomic E-state index is -3.48. The van der Waals surface area contributed by atoms with Crippen LogP contribution in [0.2, 0.25) is 0 Å². The Hall–Kier alpha value is -0.950. The Balaban J connectivity index is 2.04. The zero-order valence-electron chi connectivity index (χ0n) is 13.0. The summed E-state index contributed by atoms with van der Waals surface area (Å²) in [7, 11) is -1.43. The van der Waals surface area contributed by atoms with Gasteiger partial charge < -0.3 is 5.73 Å². The molecule has 1 saturated carbocycles. The molecule has 5 nitrogen and oxygen atoms in total. The highest BCUT2D eigenvalue weighted by Crippen LogP contribution is 2.26. The normalized spacial score (nSPS) is 17.2. The lowest BCUT2D eigenvalue weighted by Crippen LogP contribution is -2.41. The molecular weight excluding hydrogens is 286 g/mol. The molecule has 0 radical (unpaired) electrons. The van der Waals surface area contributed by atoms with Gasteiger partial charge in [0.15, 0.2) is 0 Å². The van der Waals surface area contributed by atoms with E-state index >= 15 is 0 Å². The Labute approximate surface area is 127 Å². The second-order valence-electron chi connectivity index (χ2n) is 5.89. The Morgan fingerprint density at radius 1 is 1.43 bits per heavy atom. The summed E-state index contributed by atoms with van der Waals surface area (Å²) in [5.41, 5.74) is 7.52. The van der Waals surface area contributed by atoms with Gasteiger partial charge in [-0.25, -0.2) is 13.1 Å². The summed E-state index contributed by atoms with van der Waals surface area (Å²) in [6, 6.07) is 5.90. The van der Waals surface area contributed by atoms with Crippen LogP contribution >= 0.6 is 0 Å². The van der Waals surface area contributed by atoms with E-state index < -0.39 is 10.0 Å². The Bertz CT molecular complexity index is 597. The lowest BCUT2D eigenvalue weighted by molar-refractivity contribution is 0.248. The van der Waals surface area contributed by atoms with Crippen molar-refractivity contribution >= 4 is 10.0 Å². The summed E-state index contributed by atoms with van der Waals surface area (Å²) in [5, 5.41) is 0. The third kappa shape index (κ3) is 4.03. The van der Waals surface area contributed by atoms with Gasteiger partial charge in [0.1, 0.15) is 0 Å². The Morgan fingerprint density at radius 3 is 2.67 bits per heavy atom. The monoisotopic (exact) mass is 311 g/mol. The van der Waals surface area contributed by atoms with E-state index in [1.807, 2.05) is 13.8 Å². The molecule has 1 aromatic rings. The lowest BCUT2D eigenvalue weighted by Gasteiger charge is -2.24. The van der Waals surface area contributed by atoms with E-state index in [2.05, 4.69) is 16.7 Å². The smallest absolute Gasteiger partial charge is 0.240 e. The maximum atomic E-state index is 12.4. The van der Waals surface area contributed by atoms with E-state index in [0.717, 1.165) is 11.1 Å². The van der Waals surface area contributed by atoms with Gasteiger partial charge in [-0.1, -0.05) is 6.07 Å². The number of sulfonamides is 1. The molecule has 1 unspecified atom stereocenters. The highest BCUT2D eigenvalue weighted by molar-refractivity contribution is 7.89. The second kappa shape index (κ2) is 6.44. The van der Waals surface area contributed by atoms with Crippen molar-refractivity contribution in [3.05, 3.63) is 29.3 Å². The van der Waals surface area contributed by atoms with E-state index in [0.29, 0.717) is 19.1 Å². The summed E-state index contributed by atoms with van der Waals surface area (Å²) < 4.78 is 27.4. The van der Waals surface area contributed by atoms with Gasteiger partial charge in [0.05, 0.1) is 4.90 Å². The molecule has 0 bridgehead atoms. The zero-order chi connectivity index (χ0) is 15.6. The minimum Gasteiger partial charge on any atom is -0.326 e. The van der Waals surface area contributed by atoms with Crippen LogP contribution in [0.5, 0.6) is 0 Å². The van der Waals surface area contributed by atoms with Gasteiger partial charge in [-0.15, -0.1) is 0 Å². The second-order valence-corrected chi connectivity index (χ2v) is 7.66. The molecule has 1 fully saturated rings. The van der Waals surface area contributed by atoms with Gasteiger partial charge in [0.25, 0.3) is 0 Å². The zero-order valence-corrected chi connectivity index (χ0v) is 13.8. The number of nitrogens with one attached hydrogen (secondary N) is 1. The quantitative estimate of drug-likeness (QED) is 0.794. The van der Waals surface area contributed by atoms with Crippen LogP contribution in [-0.2, 0) is 16.6 Å². The lowest BCUT2D eigenvalue weighted by atomic mass is 10.1. The largest absolute Gasteiger partial charge is 0.326 e. The average Bonchev–Trinajstić information content (AvgIpc) is 3.29. The first-order chi connectivity index (χ1) is 9.85. The minimum absolute atomic E-state index is 0.187. The Morgan fingerprint density at radius 2 is 2.10 bits per heavy atom. The predicted octanol–water partition coefficient (Wildman–Crippen LogP) is 1.21. The number of likely N-dealkylation sites (N-methyl/N-ethyl adjacent to an activating group) is 1. The summed E-state index contributed by atoms with van der Waals surface area (Å²) in [4.78, 5) is 2.53. The molecule has 21 heavy (non-hydrogen) atoms. The van der Waals surface area contributed by atoms with Crippen LogP contribution < -0.4 is 10.5 Å². The standard InChI is InChI=1S/C15H25N3O2S/c1-11-4-7-15(8-13(11)9-16)21(19,20)17-10-12(2)18(3)14-5-6-14/h4,7-8,12,14,17H,5-6,9-10,16H2,1-3H3. The number of hydrogen-bond donors (Lipinski definition) is 2. The molecule has 0 saturated heterocycles. The third-order valence-corrected chi connectivity index (χ3v) is 5.66. The first-order valence-corrected chi connectivity index (χ1v) is 8.84. The summed E-state index contributed by atoms with van der Waals surface area (Å²) in [5.74, 6) is 0. The van der Waals surface area contributed by atoms with Crippen molar-refractivity contribution in [1.29, 1.82) is 0 Å². The number of aryl methyl sites for hydroxylation is 1. The first-order valence-electron chi connectivity index (χ1n) is 7.36. The molecule has 1 aliphatic carbocycles. The molecule has 0 spiro atoms. The van der Waals surface area contributed by atoms with Crippen LogP contribution in [0.25, 0.3) is 0 Å². The highest BCUT2D eigenvalue weighted by Gasteiger charge is 2.29. The Kier molecular flexibility index (Phi) is 5.03. The van der Waals surface area contributed by atoms with Crippen molar-refractivity contribution in [2.45, 2.75) is 50.2 Å². The van der Waals surface area contributed by atoms with Gasteiger partial charge >= 0.3 is 0 Å². The molecule has 1 aliphatic rings. The number of hydrogen-bond acceptors (Lipinski definition) is 4. The van der Waals surface area contributed by atoms with Crippen molar-refractivity contribution in [1.82, 2.24) is 9.62 Å². The van der Waals surface area contributed by atoms with Crippen LogP contribution in [0.4, 0.5) is 0 Å². The van der Waals surface area contributed by atoms with Crippen molar-refractivity contribution < 1.29 is 8.42 Å². The molecule has 0 amide bonds. The van der Waals surface area contributed by atoms with Crippen molar-refractivity contribution in [2.24, 2.45) is 5.73 Å². The van der Waals surface area contributed by atoms with Crippen molar-refractivity contribution in [3.8, 4) is 0 Å². The SMILES string of the molecule is Cc1ccc(S(=O)(=O)NCC(C)N(C)C2CC2)cc1CN. The van der Waals surface area contributed by atoms with E-state index in [4.69, 9.17) is 5.73 Å². The summed E-state index contributed by atoms with van der Waals surface area (Å²) in [6.45, 7) is 4.73. The van der Waals surface area contributed by atoms with E-state index in [1.54, 1.807) is 18.2 Å². The van der Waals surface area contributed by atoms with Gasteiger partial charge in [0, 0.05) is 25.2 Å². The van der Waals surface area contributed by atoms with E-state index in [-0.39, 0.29) is 10.9 Å². The molecule has 3 N–H and O–H groups in total. The first kappa shape index (κ1) is 16.4. The molecule has 118 valence electrons. The number of nitrogens with two attached hydrogens (primary N) is 1. The molecule has 6 heteroatoms. The topological polar surface area (TPSA) is 75.4 Å². The predicted molar refractivity (Wildman–Crippen MR) is 84.5 cm³/mol. The molecule has 1 aromatic carbocycles. The van der Waals surface area contributed by atoms with Gasteiger partial charge in [-0.2, -0.15) is 0 Å². The number of benzene rings is 1. The van der Waals surface area contributed by atoms with Crippen LogP contribution in [0.1, 0.15) is 30.9 Å². The molecule has 0 heterocycles. The maximum absolute atomic E-state index is 12.4. The highest BCUT2D eigenvalue weighted by atomic mass is 32.2. The van der Waals surface area contributed by atoms with Gasteiger partial charge in [0.2, 0.25) is 10.0 Å². The maximum Gasteiger partial charge on any atom is 0.240 e. The summed E-state index contributed by atoms with van der Waals surface area (Å²) >= 11 is 0. The van der Waals surface area contributed by atoms with Crippen LogP contribution in [0, 0.1) is 6.92 Å². The fourth-order valence-electron chi connectivity index (χ4n) is 2.33. The fraction of sp³-hybridized carbons (Fsp3) is 0.600. The van der Waals surface area contributed by atoms with E-state index in [1.165, 1.54) is 12.8 Å². The number of nitrogens with zero attached hydrogens (tertiary/aromatic N) is 1. The van der Waals surface area contributed by atoms with Crippen LogP contribution in [0.3, 0.4) is 0 Å². The van der Waals surface area contributed by atoms with Crippen LogP contribution in [0.15, 0.2) is 23.1 Å². The van der Waals surface area contributed by atoms with E-state index in [9.17, 15) is 8.42 Å². The number of rotatable bonds is 7. The summed E-state index contributed by atoms with van der Waals surface area (Å²) in [6.07, 6.45) is 2.43. The van der Waals surface area contributed by atoms with Crippen molar-refractivity contribution in [3.63, 3.8) is 0 Å². The van der Waals surface area contributed by atoms with Gasteiger partial charge in [-0.05, 0) is 57.0 Å². The van der Waals surface area contributed by atoms with Gasteiger partial charge in [-0.3, -0.25) is 4.90 Å². The molecule has 2 rings (SSSR count). The van der Waals surface area contributed by atoms with Crippen molar-refractivity contribution in [2.75, 3.05) is 13.6 Å². The average molecular weight is 311 g/mol. The molecule has 1 atom stereocenters. The fourth-order valence-corrected chi connectivity index (χ4v) is 3.51. The molecular formula is C15H25N3O2S. The van der Waals surface area contributed by atoms with Crippen LogP contribution in [-0.4, -0.2) is 39.0 Å². The third-order valence-electron chi connectivity index (χ3n) is 4.24.